The van der Waals surface area contributed by atoms with Gasteiger partial charge in [0.05, 0.1) is 6.54 Å². The molecule has 1 unspecified atom stereocenters. The number of rotatable bonds is 5. The van der Waals surface area contributed by atoms with Crippen LogP contribution in [0.4, 0.5) is 0 Å². The zero-order valence-corrected chi connectivity index (χ0v) is 11.6. The highest BCUT2D eigenvalue weighted by atomic mass is 32.1. The van der Waals surface area contributed by atoms with E-state index in [0.29, 0.717) is 6.54 Å². The van der Waals surface area contributed by atoms with Crippen molar-refractivity contribution in [2.24, 2.45) is 5.92 Å². The standard InChI is InChI=1S/C14H19NO2S/c1-3-5-11(2)14(17)15-9-13-8-12(10-18-13)6-4-7-16/h8,10-11,16H,3,5,7,9H2,1-2H3,(H,15,17). The van der Waals surface area contributed by atoms with Gasteiger partial charge in [0, 0.05) is 21.7 Å². The summed E-state index contributed by atoms with van der Waals surface area (Å²) in [5, 5.41) is 13.5. The van der Waals surface area contributed by atoms with Crippen LogP contribution < -0.4 is 5.32 Å². The van der Waals surface area contributed by atoms with E-state index in [4.69, 9.17) is 5.11 Å². The number of aliphatic hydroxyl groups is 1. The van der Waals surface area contributed by atoms with Crippen LogP contribution in [0.15, 0.2) is 11.4 Å². The van der Waals surface area contributed by atoms with Gasteiger partial charge in [-0.25, -0.2) is 0 Å². The second-order valence-corrected chi connectivity index (χ2v) is 5.16. The lowest BCUT2D eigenvalue weighted by Gasteiger charge is -2.09. The first-order chi connectivity index (χ1) is 8.67. The Labute approximate surface area is 112 Å². The molecule has 1 amide bonds. The van der Waals surface area contributed by atoms with Crippen molar-refractivity contribution in [3.8, 4) is 11.8 Å². The zero-order valence-electron chi connectivity index (χ0n) is 10.8. The second-order valence-electron chi connectivity index (χ2n) is 4.17. The highest BCUT2D eigenvalue weighted by Gasteiger charge is 2.11. The van der Waals surface area contributed by atoms with Crippen molar-refractivity contribution in [1.29, 1.82) is 0 Å². The summed E-state index contributed by atoms with van der Waals surface area (Å²) in [7, 11) is 0. The smallest absolute Gasteiger partial charge is 0.223 e. The minimum atomic E-state index is -0.129. The van der Waals surface area contributed by atoms with Crippen molar-refractivity contribution in [1.82, 2.24) is 5.32 Å². The monoisotopic (exact) mass is 265 g/mol. The van der Waals surface area contributed by atoms with Gasteiger partial charge in [0.2, 0.25) is 5.91 Å². The Morgan fingerprint density at radius 2 is 2.39 bits per heavy atom. The van der Waals surface area contributed by atoms with Crippen molar-refractivity contribution < 1.29 is 9.90 Å². The summed E-state index contributed by atoms with van der Waals surface area (Å²) in [6, 6.07) is 1.94. The molecule has 1 aromatic heterocycles. The molecular formula is C14H19NO2S. The van der Waals surface area contributed by atoms with Crippen molar-refractivity contribution in [2.75, 3.05) is 6.61 Å². The number of amides is 1. The van der Waals surface area contributed by atoms with E-state index in [-0.39, 0.29) is 18.4 Å². The molecule has 0 aliphatic carbocycles. The maximum atomic E-state index is 11.7. The van der Waals surface area contributed by atoms with Crippen molar-refractivity contribution in [3.63, 3.8) is 0 Å². The summed E-state index contributed by atoms with van der Waals surface area (Å²) in [6.07, 6.45) is 1.94. The second kappa shape index (κ2) is 7.91. The van der Waals surface area contributed by atoms with Gasteiger partial charge in [0.15, 0.2) is 0 Å². The Hall–Kier alpha value is -1.31. The Bertz CT molecular complexity index is 442. The van der Waals surface area contributed by atoms with Crippen LogP contribution >= 0.6 is 11.3 Å². The minimum Gasteiger partial charge on any atom is -0.384 e. The zero-order chi connectivity index (χ0) is 13.4. The number of nitrogens with one attached hydrogen (secondary N) is 1. The highest BCUT2D eigenvalue weighted by Crippen LogP contribution is 2.14. The Morgan fingerprint density at radius 3 is 3.06 bits per heavy atom. The van der Waals surface area contributed by atoms with Gasteiger partial charge in [0.25, 0.3) is 0 Å². The lowest BCUT2D eigenvalue weighted by Crippen LogP contribution is -2.28. The number of hydrogen-bond donors (Lipinski definition) is 2. The molecule has 3 nitrogen and oxygen atoms in total. The summed E-state index contributed by atoms with van der Waals surface area (Å²) in [6.45, 7) is 4.45. The molecule has 0 saturated carbocycles. The topological polar surface area (TPSA) is 49.3 Å². The molecule has 1 aromatic rings. The molecule has 0 spiro atoms. The van der Waals surface area contributed by atoms with Gasteiger partial charge in [-0.05, 0) is 12.5 Å². The van der Waals surface area contributed by atoms with Gasteiger partial charge in [-0.1, -0.05) is 32.1 Å². The van der Waals surface area contributed by atoms with E-state index in [0.717, 1.165) is 23.3 Å². The highest BCUT2D eigenvalue weighted by molar-refractivity contribution is 7.10. The third kappa shape index (κ3) is 4.91. The molecule has 0 radical (unpaired) electrons. The van der Waals surface area contributed by atoms with E-state index in [1.54, 1.807) is 11.3 Å². The van der Waals surface area contributed by atoms with E-state index < -0.39 is 0 Å². The van der Waals surface area contributed by atoms with Gasteiger partial charge in [-0.2, -0.15) is 0 Å². The molecule has 1 atom stereocenters. The molecule has 0 aliphatic heterocycles. The van der Waals surface area contributed by atoms with Crippen LogP contribution in [0.2, 0.25) is 0 Å². The summed E-state index contributed by atoms with van der Waals surface area (Å²) in [5.41, 5.74) is 0.889. The van der Waals surface area contributed by atoms with Gasteiger partial charge in [-0.3, -0.25) is 4.79 Å². The van der Waals surface area contributed by atoms with Crippen LogP contribution in [-0.2, 0) is 11.3 Å². The molecule has 0 aromatic carbocycles. The number of carbonyl (C=O) groups is 1. The lowest BCUT2D eigenvalue weighted by molar-refractivity contribution is -0.124. The Balaban J connectivity index is 2.44. The SMILES string of the molecule is CCCC(C)C(=O)NCc1cc(C#CCO)cs1. The molecule has 0 fully saturated rings. The quantitative estimate of drug-likeness (QED) is 0.801. The molecule has 1 rings (SSSR count). The van der Waals surface area contributed by atoms with Crippen LogP contribution in [0.5, 0.6) is 0 Å². The number of hydrogen-bond acceptors (Lipinski definition) is 3. The van der Waals surface area contributed by atoms with Crippen LogP contribution in [0.3, 0.4) is 0 Å². The molecular weight excluding hydrogens is 246 g/mol. The minimum absolute atomic E-state index is 0.0728. The maximum absolute atomic E-state index is 11.7. The fourth-order valence-corrected chi connectivity index (χ4v) is 2.35. The first-order valence-corrected chi connectivity index (χ1v) is 7.00. The van der Waals surface area contributed by atoms with Crippen molar-refractivity contribution in [2.45, 2.75) is 33.2 Å². The molecule has 18 heavy (non-hydrogen) atoms. The first kappa shape index (κ1) is 14.7. The average molecular weight is 265 g/mol. The predicted octanol–water partition coefficient (Wildman–Crippen LogP) is 2.14. The number of thiophene rings is 1. The fourth-order valence-electron chi connectivity index (χ4n) is 1.59. The molecule has 0 bridgehead atoms. The molecule has 2 N–H and O–H groups in total. The molecule has 4 heteroatoms. The van der Waals surface area contributed by atoms with Crippen LogP contribution in [-0.4, -0.2) is 17.6 Å². The summed E-state index contributed by atoms with van der Waals surface area (Å²) in [5.74, 6) is 5.62. The number of carbonyl (C=O) groups excluding carboxylic acids is 1. The van der Waals surface area contributed by atoms with Gasteiger partial charge >= 0.3 is 0 Å². The van der Waals surface area contributed by atoms with E-state index in [1.165, 1.54) is 0 Å². The van der Waals surface area contributed by atoms with E-state index >= 15 is 0 Å². The molecule has 98 valence electrons. The molecule has 0 saturated heterocycles. The summed E-state index contributed by atoms with van der Waals surface area (Å²) < 4.78 is 0. The van der Waals surface area contributed by atoms with Gasteiger partial charge in [-0.15, -0.1) is 11.3 Å². The fraction of sp³-hybridized carbons (Fsp3) is 0.500. The van der Waals surface area contributed by atoms with Crippen LogP contribution in [0, 0.1) is 17.8 Å². The third-order valence-electron chi connectivity index (χ3n) is 2.57. The van der Waals surface area contributed by atoms with Gasteiger partial charge in [0.1, 0.15) is 6.61 Å². The van der Waals surface area contributed by atoms with Crippen LogP contribution in [0.25, 0.3) is 0 Å². The average Bonchev–Trinajstić information content (AvgIpc) is 2.81. The van der Waals surface area contributed by atoms with E-state index in [2.05, 4.69) is 24.1 Å². The molecule has 0 aliphatic rings. The largest absolute Gasteiger partial charge is 0.384 e. The lowest BCUT2D eigenvalue weighted by atomic mass is 10.1. The Kier molecular flexibility index (Phi) is 6.48. The van der Waals surface area contributed by atoms with Gasteiger partial charge < -0.3 is 10.4 Å². The Morgan fingerprint density at radius 1 is 1.61 bits per heavy atom. The third-order valence-corrected chi connectivity index (χ3v) is 3.51. The normalized spacial score (nSPS) is 11.5. The van der Waals surface area contributed by atoms with E-state index in [1.807, 2.05) is 18.4 Å². The van der Waals surface area contributed by atoms with Crippen molar-refractivity contribution >= 4 is 17.2 Å². The summed E-state index contributed by atoms with van der Waals surface area (Å²) >= 11 is 1.57. The predicted molar refractivity (Wildman–Crippen MR) is 74.2 cm³/mol. The number of aliphatic hydroxyl groups excluding tert-OH is 1. The summed E-state index contributed by atoms with van der Waals surface area (Å²) in [4.78, 5) is 12.8. The van der Waals surface area contributed by atoms with Crippen LogP contribution in [0.1, 0.15) is 37.1 Å². The van der Waals surface area contributed by atoms with E-state index in [9.17, 15) is 4.79 Å². The van der Waals surface area contributed by atoms with Crippen molar-refractivity contribution in [3.05, 3.63) is 21.9 Å². The first-order valence-electron chi connectivity index (χ1n) is 6.12. The molecule has 1 heterocycles. The maximum Gasteiger partial charge on any atom is 0.223 e.